The molecule has 0 spiro atoms. The van der Waals surface area contributed by atoms with E-state index < -0.39 is 0 Å². The first-order valence-corrected chi connectivity index (χ1v) is 7.56. The molecule has 1 atom stereocenters. The molecule has 1 saturated heterocycles. The van der Waals surface area contributed by atoms with Gasteiger partial charge in [0.05, 0.1) is 30.5 Å². The summed E-state index contributed by atoms with van der Waals surface area (Å²) in [4.78, 5) is 13.7. The summed E-state index contributed by atoms with van der Waals surface area (Å²) in [5, 5.41) is 13.5. The fraction of sp³-hybridized carbons (Fsp3) is 0.353. The molecule has 1 unspecified atom stereocenters. The zero-order valence-corrected chi connectivity index (χ0v) is 13.0. The summed E-state index contributed by atoms with van der Waals surface area (Å²) in [6, 6.07) is 9.30. The quantitative estimate of drug-likeness (QED) is 0.806. The van der Waals surface area contributed by atoms with Gasteiger partial charge in [-0.2, -0.15) is 10.4 Å². The van der Waals surface area contributed by atoms with Crippen LogP contribution in [-0.2, 0) is 11.3 Å². The van der Waals surface area contributed by atoms with Gasteiger partial charge < -0.3 is 9.64 Å². The number of hydrogen-bond acceptors (Lipinski definition) is 5. The lowest BCUT2D eigenvalue weighted by molar-refractivity contribution is 0.0274. The summed E-state index contributed by atoms with van der Waals surface area (Å²) in [5.41, 5.74) is 2.00. The third-order valence-corrected chi connectivity index (χ3v) is 3.95. The number of aromatic nitrogens is 2. The van der Waals surface area contributed by atoms with Crippen LogP contribution >= 0.6 is 0 Å². The van der Waals surface area contributed by atoms with Gasteiger partial charge in [0.2, 0.25) is 0 Å². The van der Waals surface area contributed by atoms with E-state index in [-0.39, 0.29) is 11.9 Å². The fourth-order valence-electron chi connectivity index (χ4n) is 2.77. The van der Waals surface area contributed by atoms with E-state index in [1.807, 2.05) is 16.9 Å². The van der Waals surface area contributed by atoms with E-state index in [1.165, 1.54) is 6.92 Å². The van der Waals surface area contributed by atoms with E-state index in [4.69, 9.17) is 4.74 Å². The Balaban J connectivity index is 1.81. The molecule has 6 heteroatoms. The molecule has 1 aromatic carbocycles. The summed E-state index contributed by atoms with van der Waals surface area (Å²) < 4.78 is 7.64. The summed E-state index contributed by atoms with van der Waals surface area (Å²) >= 11 is 0. The maximum absolute atomic E-state index is 11.6. The van der Waals surface area contributed by atoms with Crippen molar-refractivity contribution in [2.75, 3.05) is 24.6 Å². The summed E-state index contributed by atoms with van der Waals surface area (Å²) in [6.45, 7) is 4.14. The van der Waals surface area contributed by atoms with E-state index in [2.05, 4.69) is 16.1 Å². The minimum atomic E-state index is -0.00354. The van der Waals surface area contributed by atoms with Crippen LogP contribution in [0.1, 0.15) is 22.8 Å². The molecule has 23 heavy (non-hydrogen) atoms. The number of carbonyl (C=O) groups excluding carboxylic acids is 1. The van der Waals surface area contributed by atoms with Crippen LogP contribution in [0.3, 0.4) is 0 Å². The van der Waals surface area contributed by atoms with Crippen LogP contribution in [0.2, 0.25) is 0 Å². The first kappa shape index (κ1) is 15.3. The molecule has 1 aliphatic rings. The van der Waals surface area contributed by atoms with Gasteiger partial charge in [-0.05, 0) is 31.2 Å². The molecule has 0 radical (unpaired) electrons. The number of Topliss-reactive ketones (excluding diaryl/α,β-unsaturated/α-hetero) is 1. The zero-order valence-electron chi connectivity index (χ0n) is 13.0. The van der Waals surface area contributed by atoms with Gasteiger partial charge >= 0.3 is 0 Å². The van der Waals surface area contributed by atoms with Crippen molar-refractivity contribution in [1.82, 2.24) is 9.78 Å². The number of anilines is 1. The molecule has 1 fully saturated rings. The number of ketones is 1. The fourth-order valence-corrected chi connectivity index (χ4v) is 2.77. The van der Waals surface area contributed by atoms with Crippen molar-refractivity contribution in [3.63, 3.8) is 0 Å². The number of morpholine rings is 1. The molecular weight excluding hydrogens is 292 g/mol. The van der Waals surface area contributed by atoms with Gasteiger partial charge in [0.25, 0.3) is 0 Å². The predicted octanol–water partition coefficient (Wildman–Crippen LogP) is 1.86. The third-order valence-electron chi connectivity index (χ3n) is 3.95. The van der Waals surface area contributed by atoms with Gasteiger partial charge in [0.1, 0.15) is 6.07 Å². The molecule has 6 nitrogen and oxygen atoms in total. The van der Waals surface area contributed by atoms with E-state index in [9.17, 15) is 10.1 Å². The molecule has 118 valence electrons. The van der Waals surface area contributed by atoms with Gasteiger partial charge in [-0.25, -0.2) is 0 Å². The second kappa shape index (κ2) is 6.63. The lowest BCUT2D eigenvalue weighted by atomic mass is 10.1. The standard InChI is InChI=1S/C17H18N4O2/c1-13(22)14-3-4-15(10-18)17(9-14)20-7-8-23-16(11-20)12-21-6-2-5-19-21/h2-6,9,16H,7-8,11-12H2,1H3. The molecule has 0 amide bonds. The third kappa shape index (κ3) is 3.41. The van der Waals surface area contributed by atoms with E-state index >= 15 is 0 Å². The Bertz CT molecular complexity index is 734. The smallest absolute Gasteiger partial charge is 0.159 e. The van der Waals surface area contributed by atoms with Gasteiger partial charge in [-0.3, -0.25) is 9.48 Å². The number of ether oxygens (including phenoxy) is 1. The van der Waals surface area contributed by atoms with Crippen LogP contribution in [0.15, 0.2) is 36.7 Å². The van der Waals surface area contributed by atoms with Gasteiger partial charge in [0.15, 0.2) is 5.78 Å². The lowest BCUT2D eigenvalue weighted by Crippen LogP contribution is -2.44. The highest BCUT2D eigenvalue weighted by atomic mass is 16.5. The van der Waals surface area contributed by atoms with E-state index in [1.54, 1.807) is 24.4 Å². The second-order valence-corrected chi connectivity index (χ2v) is 5.57. The number of hydrogen-bond donors (Lipinski definition) is 0. The van der Waals surface area contributed by atoms with Crippen LogP contribution < -0.4 is 4.90 Å². The Labute approximate surface area is 134 Å². The van der Waals surface area contributed by atoms with Gasteiger partial charge in [-0.1, -0.05) is 0 Å². The summed E-state index contributed by atoms with van der Waals surface area (Å²) in [7, 11) is 0. The van der Waals surface area contributed by atoms with E-state index in [0.717, 1.165) is 5.69 Å². The number of nitrogens with zero attached hydrogens (tertiary/aromatic N) is 4. The van der Waals surface area contributed by atoms with Crippen LogP contribution in [0, 0.1) is 11.3 Å². The zero-order chi connectivity index (χ0) is 16.2. The SMILES string of the molecule is CC(=O)c1ccc(C#N)c(N2CCOC(Cn3cccn3)C2)c1. The molecule has 0 N–H and O–H groups in total. The Kier molecular flexibility index (Phi) is 4.40. The monoisotopic (exact) mass is 310 g/mol. The largest absolute Gasteiger partial charge is 0.373 e. The lowest BCUT2D eigenvalue weighted by Gasteiger charge is -2.35. The van der Waals surface area contributed by atoms with Gasteiger partial charge in [-0.15, -0.1) is 0 Å². The van der Waals surface area contributed by atoms with Crippen molar-refractivity contribution >= 4 is 11.5 Å². The molecule has 3 rings (SSSR count). The summed E-state index contributed by atoms with van der Waals surface area (Å²) in [6.07, 6.45) is 3.64. The number of nitriles is 1. The average Bonchev–Trinajstić information content (AvgIpc) is 3.07. The maximum atomic E-state index is 11.6. The second-order valence-electron chi connectivity index (χ2n) is 5.57. The normalized spacial score (nSPS) is 17.7. The number of carbonyl (C=O) groups is 1. The molecule has 2 heterocycles. The molecular formula is C17H18N4O2. The van der Waals surface area contributed by atoms with Crippen molar-refractivity contribution in [3.8, 4) is 6.07 Å². The first-order valence-electron chi connectivity index (χ1n) is 7.56. The molecule has 2 aromatic rings. The Morgan fingerprint density at radius 3 is 3.09 bits per heavy atom. The van der Waals surface area contributed by atoms with Crippen LogP contribution in [-0.4, -0.2) is 41.4 Å². The van der Waals surface area contributed by atoms with Crippen LogP contribution in [0.25, 0.3) is 0 Å². The Morgan fingerprint density at radius 2 is 2.39 bits per heavy atom. The average molecular weight is 310 g/mol. The van der Waals surface area contributed by atoms with Crippen molar-refractivity contribution in [2.45, 2.75) is 19.6 Å². The molecule has 0 saturated carbocycles. The highest BCUT2D eigenvalue weighted by Crippen LogP contribution is 2.24. The van der Waals surface area contributed by atoms with Crippen molar-refractivity contribution in [1.29, 1.82) is 5.26 Å². The summed E-state index contributed by atoms with van der Waals surface area (Å²) in [5.74, 6) is -0.00269. The maximum Gasteiger partial charge on any atom is 0.159 e. The molecule has 1 aliphatic heterocycles. The molecule has 0 aliphatic carbocycles. The topological polar surface area (TPSA) is 71.2 Å². The minimum Gasteiger partial charge on any atom is -0.373 e. The minimum absolute atomic E-state index is 0.00269. The van der Waals surface area contributed by atoms with E-state index in [0.29, 0.717) is 37.4 Å². The van der Waals surface area contributed by atoms with Crippen molar-refractivity contribution in [3.05, 3.63) is 47.8 Å². The molecule has 1 aromatic heterocycles. The highest BCUT2D eigenvalue weighted by molar-refractivity contribution is 5.95. The van der Waals surface area contributed by atoms with Crippen molar-refractivity contribution < 1.29 is 9.53 Å². The number of benzene rings is 1. The van der Waals surface area contributed by atoms with Crippen LogP contribution in [0.5, 0.6) is 0 Å². The molecule has 0 bridgehead atoms. The number of rotatable bonds is 4. The van der Waals surface area contributed by atoms with Crippen LogP contribution in [0.4, 0.5) is 5.69 Å². The first-order chi connectivity index (χ1) is 11.2. The van der Waals surface area contributed by atoms with Crippen molar-refractivity contribution in [2.24, 2.45) is 0 Å². The Hall–Kier alpha value is -2.65. The highest BCUT2D eigenvalue weighted by Gasteiger charge is 2.23. The van der Waals surface area contributed by atoms with Gasteiger partial charge in [0, 0.05) is 31.0 Å². The predicted molar refractivity (Wildman–Crippen MR) is 85.3 cm³/mol. The Morgan fingerprint density at radius 1 is 1.52 bits per heavy atom.